The second-order valence-electron chi connectivity index (χ2n) is 8.77. The summed E-state index contributed by atoms with van der Waals surface area (Å²) in [6.45, 7) is 11.3. The molecule has 1 N–H and O–H groups in total. The molecule has 1 unspecified atom stereocenters. The highest BCUT2D eigenvalue weighted by Crippen LogP contribution is 2.24. The third kappa shape index (κ3) is 5.45. The van der Waals surface area contributed by atoms with Gasteiger partial charge >= 0.3 is 6.09 Å². The van der Waals surface area contributed by atoms with Crippen molar-refractivity contribution in [1.82, 2.24) is 15.1 Å². The lowest BCUT2D eigenvalue weighted by atomic mass is 9.87. The molecule has 3 rings (SSSR count). The molecule has 1 atom stereocenters. The first-order valence-corrected chi connectivity index (χ1v) is 9.79. The second-order valence-corrected chi connectivity index (χ2v) is 8.77. The van der Waals surface area contributed by atoms with E-state index in [2.05, 4.69) is 40.4 Å². The standard InChI is InChI=1S/C21H33N3O2/c1-21(2,3)26-20(25)22-19-8-7-17-13-16(5-6-18(17)14-19)15-24-11-9-23(4)10-12-24/h5-6,13,19H,7-12,14-15H2,1-4H3,(H,22,25). The van der Waals surface area contributed by atoms with E-state index in [0.29, 0.717) is 0 Å². The van der Waals surface area contributed by atoms with Crippen molar-refractivity contribution >= 4 is 6.09 Å². The molecule has 1 heterocycles. The van der Waals surface area contributed by atoms with Crippen molar-refractivity contribution in [1.29, 1.82) is 0 Å². The topological polar surface area (TPSA) is 44.8 Å². The van der Waals surface area contributed by atoms with Crippen LogP contribution >= 0.6 is 0 Å². The Hall–Kier alpha value is -1.59. The Morgan fingerprint density at radius 2 is 1.92 bits per heavy atom. The molecular weight excluding hydrogens is 326 g/mol. The summed E-state index contributed by atoms with van der Waals surface area (Å²) in [4.78, 5) is 16.9. The Labute approximate surface area is 157 Å². The van der Waals surface area contributed by atoms with Gasteiger partial charge in [-0.3, -0.25) is 4.90 Å². The molecule has 144 valence electrons. The molecule has 1 aliphatic heterocycles. The maximum Gasteiger partial charge on any atom is 0.407 e. The summed E-state index contributed by atoms with van der Waals surface area (Å²) in [6.07, 6.45) is 2.58. The van der Waals surface area contributed by atoms with Crippen molar-refractivity contribution in [2.45, 2.75) is 58.2 Å². The molecule has 0 saturated carbocycles. The van der Waals surface area contributed by atoms with E-state index < -0.39 is 5.60 Å². The van der Waals surface area contributed by atoms with Crippen molar-refractivity contribution in [2.75, 3.05) is 33.2 Å². The molecule has 5 nitrogen and oxygen atoms in total. The molecule has 1 aromatic carbocycles. The Bertz CT molecular complexity index is 631. The molecule has 0 radical (unpaired) electrons. The zero-order valence-electron chi connectivity index (χ0n) is 16.7. The highest BCUT2D eigenvalue weighted by molar-refractivity contribution is 5.68. The zero-order chi connectivity index (χ0) is 18.7. The Kier molecular flexibility index (Phi) is 5.88. The molecule has 1 saturated heterocycles. The minimum absolute atomic E-state index is 0.167. The number of nitrogens with zero attached hydrogens (tertiary/aromatic N) is 2. The van der Waals surface area contributed by atoms with Gasteiger partial charge in [0.05, 0.1) is 0 Å². The number of fused-ring (bicyclic) bond motifs is 1. The van der Waals surface area contributed by atoms with Gasteiger partial charge in [-0.2, -0.15) is 0 Å². The first-order valence-electron chi connectivity index (χ1n) is 9.79. The number of ether oxygens (including phenoxy) is 1. The van der Waals surface area contributed by atoms with Crippen molar-refractivity contribution in [3.63, 3.8) is 0 Å². The molecule has 1 fully saturated rings. The minimum atomic E-state index is -0.450. The van der Waals surface area contributed by atoms with Gasteiger partial charge < -0.3 is 15.0 Å². The molecule has 1 aliphatic carbocycles. The van der Waals surface area contributed by atoms with E-state index in [1.54, 1.807) is 0 Å². The van der Waals surface area contributed by atoms with Crippen LogP contribution in [-0.2, 0) is 24.1 Å². The SMILES string of the molecule is CN1CCN(Cc2ccc3c(c2)CCC(NC(=O)OC(C)(C)C)C3)CC1. The van der Waals surface area contributed by atoms with Gasteiger partial charge in [0.15, 0.2) is 0 Å². The average Bonchev–Trinajstić information content (AvgIpc) is 2.55. The molecule has 2 aliphatic rings. The minimum Gasteiger partial charge on any atom is -0.444 e. The van der Waals surface area contributed by atoms with Crippen molar-refractivity contribution in [3.8, 4) is 0 Å². The van der Waals surface area contributed by atoms with Crippen LogP contribution in [0.5, 0.6) is 0 Å². The fourth-order valence-corrected chi connectivity index (χ4v) is 3.77. The van der Waals surface area contributed by atoms with Gasteiger partial charge in [0.1, 0.15) is 5.60 Å². The molecule has 26 heavy (non-hydrogen) atoms. The van der Waals surface area contributed by atoms with Crippen molar-refractivity contribution in [2.24, 2.45) is 0 Å². The van der Waals surface area contributed by atoms with Gasteiger partial charge in [0.2, 0.25) is 0 Å². The zero-order valence-corrected chi connectivity index (χ0v) is 16.7. The highest BCUT2D eigenvalue weighted by atomic mass is 16.6. The second kappa shape index (κ2) is 7.97. The van der Waals surface area contributed by atoms with Crippen LogP contribution < -0.4 is 5.32 Å². The third-order valence-corrected chi connectivity index (χ3v) is 5.22. The maximum atomic E-state index is 12.0. The van der Waals surface area contributed by atoms with Crippen LogP contribution in [0.3, 0.4) is 0 Å². The number of aryl methyl sites for hydroxylation is 1. The molecular formula is C21H33N3O2. The number of likely N-dealkylation sites (N-methyl/N-ethyl adjacent to an activating group) is 1. The predicted octanol–water partition coefficient (Wildman–Crippen LogP) is 2.82. The number of hydrogen-bond donors (Lipinski definition) is 1. The first kappa shape index (κ1) is 19.2. The normalized spacial score (nSPS) is 21.9. The van der Waals surface area contributed by atoms with Crippen molar-refractivity contribution in [3.05, 3.63) is 34.9 Å². The van der Waals surface area contributed by atoms with Gasteiger partial charge in [-0.1, -0.05) is 18.2 Å². The van der Waals surface area contributed by atoms with Crippen LogP contribution in [0.25, 0.3) is 0 Å². The third-order valence-electron chi connectivity index (χ3n) is 5.22. The molecule has 0 bridgehead atoms. The number of rotatable bonds is 3. The highest BCUT2D eigenvalue weighted by Gasteiger charge is 2.24. The number of amides is 1. The van der Waals surface area contributed by atoms with E-state index in [-0.39, 0.29) is 12.1 Å². The number of benzene rings is 1. The van der Waals surface area contributed by atoms with E-state index >= 15 is 0 Å². The van der Waals surface area contributed by atoms with Crippen LogP contribution in [-0.4, -0.2) is 60.8 Å². The predicted molar refractivity (Wildman–Crippen MR) is 104 cm³/mol. The fraction of sp³-hybridized carbons (Fsp3) is 0.667. The van der Waals surface area contributed by atoms with Crippen LogP contribution in [0.4, 0.5) is 4.79 Å². The lowest BCUT2D eigenvalue weighted by Crippen LogP contribution is -2.44. The number of carbonyl (C=O) groups is 1. The lowest BCUT2D eigenvalue weighted by molar-refractivity contribution is 0.0500. The first-order chi connectivity index (χ1) is 12.3. The van der Waals surface area contributed by atoms with Gasteiger partial charge in [-0.15, -0.1) is 0 Å². The number of alkyl carbamates (subject to hydrolysis) is 1. The maximum absolute atomic E-state index is 12.0. The fourth-order valence-electron chi connectivity index (χ4n) is 3.77. The van der Waals surface area contributed by atoms with E-state index in [4.69, 9.17) is 4.74 Å². The van der Waals surface area contributed by atoms with E-state index in [9.17, 15) is 4.79 Å². The number of nitrogens with one attached hydrogen (secondary N) is 1. The molecule has 1 amide bonds. The molecule has 1 aromatic rings. The quantitative estimate of drug-likeness (QED) is 0.901. The summed E-state index contributed by atoms with van der Waals surface area (Å²) in [7, 11) is 2.19. The average molecular weight is 360 g/mol. The Morgan fingerprint density at radius 1 is 1.19 bits per heavy atom. The van der Waals surface area contributed by atoms with E-state index in [1.165, 1.54) is 16.7 Å². The molecule has 0 aromatic heterocycles. The summed E-state index contributed by atoms with van der Waals surface area (Å²) in [5.41, 5.74) is 3.76. The van der Waals surface area contributed by atoms with Crippen LogP contribution in [0.1, 0.15) is 43.9 Å². The molecule has 0 spiro atoms. The number of carbonyl (C=O) groups excluding carboxylic acids is 1. The van der Waals surface area contributed by atoms with E-state index in [1.807, 2.05) is 20.8 Å². The smallest absolute Gasteiger partial charge is 0.407 e. The monoisotopic (exact) mass is 359 g/mol. The van der Waals surface area contributed by atoms with Gasteiger partial charge in [0, 0.05) is 38.8 Å². The van der Waals surface area contributed by atoms with Crippen LogP contribution in [0.15, 0.2) is 18.2 Å². The number of hydrogen-bond acceptors (Lipinski definition) is 4. The number of piperazine rings is 1. The summed E-state index contributed by atoms with van der Waals surface area (Å²) in [6, 6.07) is 7.05. The van der Waals surface area contributed by atoms with Crippen LogP contribution in [0, 0.1) is 0 Å². The molecule has 5 heteroatoms. The van der Waals surface area contributed by atoms with Gasteiger partial charge in [-0.25, -0.2) is 4.79 Å². The van der Waals surface area contributed by atoms with Crippen molar-refractivity contribution < 1.29 is 9.53 Å². The lowest BCUT2D eigenvalue weighted by Gasteiger charge is -2.32. The van der Waals surface area contributed by atoms with Gasteiger partial charge in [-0.05, 0) is 63.8 Å². The summed E-state index contributed by atoms with van der Waals surface area (Å²) >= 11 is 0. The summed E-state index contributed by atoms with van der Waals surface area (Å²) in [5.74, 6) is 0. The Morgan fingerprint density at radius 3 is 2.62 bits per heavy atom. The van der Waals surface area contributed by atoms with E-state index in [0.717, 1.165) is 52.0 Å². The van der Waals surface area contributed by atoms with Gasteiger partial charge in [0.25, 0.3) is 0 Å². The summed E-state index contributed by atoms with van der Waals surface area (Å²) < 4.78 is 5.38. The largest absolute Gasteiger partial charge is 0.444 e. The summed E-state index contributed by atoms with van der Waals surface area (Å²) in [5, 5.41) is 3.03. The Balaban J connectivity index is 1.54. The van der Waals surface area contributed by atoms with Crippen LogP contribution in [0.2, 0.25) is 0 Å².